The van der Waals surface area contributed by atoms with Crippen LogP contribution in [0.2, 0.25) is 5.02 Å². The normalized spacial score (nSPS) is 15.1. The Morgan fingerprint density at radius 2 is 2.14 bits per heavy atom. The van der Waals surface area contributed by atoms with Crippen LogP contribution in [-0.4, -0.2) is 5.11 Å². The smallest absolute Gasteiger partial charge is 0.120 e. The highest BCUT2D eigenvalue weighted by molar-refractivity contribution is 6.30. The number of halogens is 1. The number of rotatable bonds is 3. The maximum Gasteiger partial charge on any atom is 0.120 e. The van der Waals surface area contributed by atoms with Crippen LogP contribution in [0.4, 0.5) is 0 Å². The fraction of sp³-hybridized carbons (Fsp3) is 0.455. The van der Waals surface area contributed by atoms with Crippen molar-refractivity contribution in [1.29, 1.82) is 0 Å². The van der Waals surface area contributed by atoms with Gasteiger partial charge < -0.3 is 10.8 Å². The molecule has 1 unspecified atom stereocenters. The van der Waals surface area contributed by atoms with Crippen molar-refractivity contribution in [1.82, 2.24) is 0 Å². The molecule has 0 spiro atoms. The van der Waals surface area contributed by atoms with E-state index < -0.39 is 0 Å². The quantitative estimate of drug-likeness (QED) is 0.811. The number of hydrogen-bond acceptors (Lipinski definition) is 2. The SMILES string of the molecule is CCC(C)[C@H](N)c1cc(Cl)ccc1O. The summed E-state index contributed by atoms with van der Waals surface area (Å²) in [5.41, 5.74) is 6.73. The van der Waals surface area contributed by atoms with E-state index in [1.165, 1.54) is 0 Å². The van der Waals surface area contributed by atoms with Crippen LogP contribution in [0.15, 0.2) is 18.2 Å². The Hall–Kier alpha value is -0.730. The van der Waals surface area contributed by atoms with Gasteiger partial charge in [-0.3, -0.25) is 0 Å². The molecule has 0 aliphatic carbocycles. The van der Waals surface area contributed by atoms with Crippen molar-refractivity contribution in [2.24, 2.45) is 11.7 Å². The van der Waals surface area contributed by atoms with Crippen molar-refractivity contribution >= 4 is 11.6 Å². The number of hydrogen-bond donors (Lipinski definition) is 2. The second-order valence-corrected chi connectivity index (χ2v) is 4.05. The topological polar surface area (TPSA) is 46.2 Å². The van der Waals surface area contributed by atoms with E-state index >= 15 is 0 Å². The van der Waals surface area contributed by atoms with Crippen LogP contribution in [0, 0.1) is 5.92 Å². The molecule has 0 saturated carbocycles. The third kappa shape index (κ3) is 2.40. The average Bonchev–Trinajstić information content (AvgIpc) is 2.19. The largest absolute Gasteiger partial charge is 0.508 e. The van der Waals surface area contributed by atoms with E-state index in [1.807, 2.05) is 0 Å². The molecule has 1 rings (SSSR count). The lowest BCUT2D eigenvalue weighted by molar-refractivity contribution is 0.419. The second-order valence-electron chi connectivity index (χ2n) is 3.61. The molecule has 0 fully saturated rings. The summed E-state index contributed by atoms with van der Waals surface area (Å²) in [5, 5.41) is 10.2. The molecular weight excluding hydrogens is 198 g/mol. The van der Waals surface area contributed by atoms with E-state index in [1.54, 1.807) is 18.2 Å². The van der Waals surface area contributed by atoms with Crippen molar-refractivity contribution in [2.45, 2.75) is 26.3 Å². The number of aromatic hydroxyl groups is 1. The van der Waals surface area contributed by atoms with Crippen LogP contribution >= 0.6 is 11.6 Å². The zero-order chi connectivity index (χ0) is 10.7. The summed E-state index contributed by atoms with van der Waals surface area (Å²) in [7, 11) is 0. The highest BCUT2D eigenvalue weighted by Crippen LogP contribution is 2.30. The number of phenolic OH excluding ortho intramolecular Hbond substituents is 1. The Bertz CT molecular complexity index is 314. The molecule has 0 heterocycles. The molecule has 0 bridgehead atoms. The third-order valence-electron chi connectivity index (χ3n) is 2.61. The fourth-order valence-corrected chi connectivity index (χ4v) is 1.53. The Kier molecular flexibility index (Phi) is 3.78. The zero-order valence-electron chi connectivity index (χ0n) is 8.50. The predicted octanol–water partition coefficient (Wildman–Crippen LogP) is 3.09. The average molecular weight is 214 g/mol. The van der Waals surface area contributed by atoms with Crippen molar-refractivity contribution in [3.63, 3.8) is 0 Å². The van der Waals surface area contributed by atoms with E-state index in [2.05, 4.69) is 13.8 Å². The van der Waals surface area contributed by atoms with Gasteiger partial charge in [-0.15, -0.1) is 0 Å². The molecule has 14 heavy (non-hydrogen) atoms. The molecule has 0 radical (unpaired) electrons. The van der Waals surface area contributed by atoms with Gasteiger partial charge in [0.2, 0.25) is 0 Å². The second kappa shape index (κ2) is 4.67. The molecule has 78 valence electrons. The molecule has 2 nitrogen and oxygen atoms in total. The molecule has 3 N–H and O–H groups in total. The Morgan fingerprint density at radius 1 is 1.50 bits per heavy atom. The Balaban J connectivity index is 2.99. The molecule has 1 aromatic rings. The summed E-state index contributed by atoms with van der Waals surface area (Å²) in [6.45, 7) is 4.14. The van der Waals surface area contributed by atoms with Crippen molar-refractivity contribution < 1.29 is 5.11 Å². The van der Waals surface area contributed by atoms with Crippen LogP contribution in [-0.2, 0) is 0 Å². The van der Waals surface area contributed by atoms with Crippen LogP contribution in [0.5, 0.6) is 5.75 Å². The maximum atomic E-state index is 9.61. The van der Waals surface area contributed by atoms with Gasteiger partial charge >= 0.3 is 0 Å². The van der Waals surface area contributed by atoms with Crippen LogP contribution in [0.25, 0.3) is 0 Å². The number of benzene rings is 1. The lowest BCUT2D eigenvalue weighted by Gasteiger charge is -2.19. The fourth-order valence-electron chi connectivity index (χ4n) is 1.35. The van der Waals surface area contributed by atoms with E-state index in [0.29, 0.717) is 10.9 Å². The minimum atomic E-state index is -0.154. The van der Waals surface area contributed by atoms with E-state index in [0.717, 1.165) is 12.0 Å². The first-order valence-electron chi connectivity index (χ1n) is 4.80. The van der Waals surface area contributed by atoms with Crippen molar-refractivity contribution in [2.75, 3.05) is 0 Å². The molecule has 1 aromatic carbocycles. The van der Waals surface area contributed by atoms with E-state index in [4.69, 9.17) is 17.3 Å². The number of nitrogens with two attached hydrogens (primary N) is 1. The first-order valence-corrected chi connectivity index (χ1v) is 5.18. The molecule has 0 aromatic heterocycles. The summed E-state index contributed by atoms with van der Waals surface area (Å²) in [4.78, 5) is 0. The minimum Gasteiger partial charge on any atom is -0.508 e. The first kappa shape index (κ1) is 11.3. The van der Waals surface area contributed by atoms with Gasteiger partial charge in [0.25, 0.3) is 0 Å². The van der Waals surface area contributed by atoms with Crippen LogP contribution in [0.1, 0.15) is 31.9 Å². The van der Waals surface area contributed by atoms with Gasteiger partial charge in [0.15, 0.2) is 0 Å². The maximum absolute atomic E-state index is 9.61. The summed E-state index contributed by atoms with van der Waals surface area (Å²) in [5.74, 6) is 0.557. The van der Waals surface area contributed by atoms with Gasteiger partial charge in [-0.05, 0) is 24.1 Å². The molecule has 0 saturated heterocycles. The minimum absolute atomic E-state index is 0.154. The molecule has 0 aliphatic heterocycles. The predicted molar refractivity (Wildman–Crippen MR) is 59.5 cm³/mol. The highest BCUT2D eigenvalue weighted by atomic mass is 35.5. The molecular formula is C11H16ClNO. The summed E-state index contributed by atoms with van der Waals surface area (Å²) < 4.78 is 0. The Labute approximate surface area is 89.7 Å². The van der Waals surface area contributed by atoms with Crippen LogP contribution in [0.3, 0.4) is 0 Å². The lowest BCUT2D eigenvalue weighted by atomic mass is 9.93. The third-order valence-corrected chi connectivity index (χ3v) is 2.84. The summed E-state index contributed by atoms with van der Waals surface area (Å²) in [6, 6.07) is 4.82. The van der Waals surface area contributed by atoms with E-state index in [9.17, 15) is 5.11 Å². The van der Waals surface area contributed by atoms with Gasteiger partial charge in [-0.1, -0.05) is 31.9 Å². The van der Waals surface area contributed by atoms with Crippen molar-refractivity contribution in [3.8, 4) is 5.75 Å². The zero-order valence-corrected chi connectivity index (χ0v) is 9.25. The highest BCUT2D eigenvalue weighted by Gasteiger charge is 2.16. The van der Waals surface area contributed by atoms with Gasteiger partial charge in [0.1, 0.15) is 5.75 Å². The summed E-state index contributed by atoms with van der Waals surface area (Å²) in [6.07, 6.45) is 0.979. The summed E-state index contributed by atoms with van der Waals surface area (Å²) >= 11 is 5.84. The number of phenols is 1. The molecule has 0 aliphatic rings. The van der Waals surface area contributed by atoms with Gasteiger partial charge in [0.05, 0.1) is 0 Å². The molecule has 3 heteroatoms. The molecule has 0 amide bonds. The monoisotopic (exact) mass is 213 g/mol. The lowest BCUT2D eigenvalue weighted by Crippen LogP contribution is -2.18. The van der Waals surface area contributed by atoms with Crippen LogP contribution < -0.4 is 5.73 Å². The standard InChI is InChI=1S/C11H16ClNO/c1-3-7(2)11(13)9-6-8(12)4-5-10(9)14/h4-7,11,14H,3,13H2,1-2H3/t7?,11-/m0/s1. The Morgan fingerprint density at radius 3 is 2.71 bits per heavy atom. The van der Waals surface area contributed by atoms with Gasteiger partial charge in [-0.25, -0.2) is 0 Å². The molecule has 2 atom stereocenters. The van der Waals surface area contributed by atoms with Gasteiger partial charge in [-0.2, -0.15) is 0 Å². The van der Waals surface area contributed by atoms with Gasteiger partial charge in [0, 0.05) is 16.6 Å². The first-order chi connectivity index (χ1) is 6.56. The van der Waals surface area contributed by atoms with E-state index in [-0.39, 0.29) is 11.8 Å². The van der Waals surface area contributed by atoms with Crippen molar-refractivity contribution in [3.05, 3.63) is 28.8 Å².